The van der Waals surface area contributed by atoms with E-state index in [0.717, 1.165) is 91.1 Å². The number of anilines is 5. The predicted octanol–water partition coefficient (Wildman–Crippen LogP) is 17.7. The lowest BCUT2D eigenvalue weighted by molar-refractivity contribution is 0.604. The number of allylic oxidation sites excluding steroid dienone is 8. The van der Waals surface area contributed by atoms with Crippen molar-refractivity contribution < 1.29 is 8.78 Å². The van der Waals surface area contributed by atoms with Crippen LogP contribution in [0.4, 0.5) is 37.2 Å². The number of benzene rings is 8. The van der Waals surface area contributed by atoms with E-state index in [4.69, 9.17) is 0 Å². The highest BCUT2D eigenvalue weighted by Crippen LogP contribution is 2.42. The topological polar surface area (TPSA) is 16.3 Å². The van der Waals surface area contributed by atoms with Gasteiger partial charge in [-0.25, -0.2) is 8.78 Å². The molecule has 67 heavy (non-hydrogen) atoms. The van der Waals surface area contributed by atoms with Crippen LogP contribution in [0.2, 0.25) is 0 Å². The Morgan fingerprint density at radius 3 is 1.69 bits per heavy atom. The Kier molecular flexibility index (Phi) is 10.9. The second-order valence-electron chi connectivity index (χ2n) is 17.1. The fourth-order valence-corrected chi connectivity index (χ4v) is 9.74. The van der Waals surface area contributed by atoms with E-state index >= 15 is 0 Å². The highest BCUT2D eigenvalue weighted by molar-refractivity contribution is 6.12. The second kappa shape index (κ2) is 17.6. The van der Waals surface area contributed by atoms with Gasteiger partial charge in [0, 0.05) is 67.1 Å². The minimum Gasteiger partial charge on any atom is -0.314 e. The van der Waals surface area contributed by atoms with E-state index in [-0.39, 0.29) is 11.6 Å². The number of rotatable bonds is 11. The molecule has 0 saturated heterocycles. The quantitative estimate of drug-likeness (QED) is 0.120. The molecule has 10 aromatic rings. The van der Waals surface area contributed by atoms with Crippen LogP contribution in [-0.2, 0) is 0 Å². The van der Waals surface area contributed by atoms with Crippen LogP contribution in [0.25, 0.3) is 66.1 Å². The van der Waals surface area contributed by atoms with Crippen LogP contribution in [0, 0.1) is 5.82 Å². The van der Waals surface area contributed by atoms with Gasteiger partial charge in [-0.15, -0.1) is 0 Å². The number of para-hydroxylation sites is 3. The number of aromatic nitrogens is 2. The SMILES string of the molecule is CC/C(F)=C\C=C(/C)N(c1ccc(-c2ccc(N(c3ccc(F)cc3)c3ccc4c(c3)c3ccccc3n4-c3ccccc3)cc2)cc1)c1ccc2c(c1)c1ccccc1n2C1=CC=CCC1. The molecule has 6 heteroatoms. The summed E-state index contributed by atoms with van der Waals surface area (Å²) >= 11 is 0. The van der Waals surface area contributed by atoms with Crippen molar-refractivity contribution in [2.45, 2.75) is 33.1 Å². The van der Waals surface area contributed by atoms with E-state index in [9.17, 15) is 8.78 Å². The smallest absolute Gasteiger partial charge is 0.123 e. The van der Waals surface area contributed by atoms with Crippen LogP contribution >= 0.6 is 0 Å². The molecule has 0 spiro atoms. The van der Waals surface area contributed by atoms with Crippen molar-refractivity contribution in [2.24, 2.45) is 0 Å². The molecule has 0 N–H and O–H groups in total. The van der Waals surface area contributed by atoms with Crippen molar-refractivity contribution in [3.8, 4) is 16.8 Å². The maximum Gasteiger partial charge on any atom is 0.123 e. The molecule has 0 aliphatic heterocycles. The highest BCUT2D eigenvalue weighted by Gasteiger charge is 2.20. The molecule has 2 heterocycles. The third-order valence-electron chi connectivity index (χ3n) is 13.0. The summed E-state index contributed by atoms with van der Waals surface area (Å²) in [5.74, 6) is -0.447. The third kappa shape index (κ3) is 7.70. The Hall–Kier alpha value is -8.22. The van der Waals surface area contributed by atoms with Crippen molar-refractivity contribution in [2.75, 3.05) is 9.80 Å². The van der Waals surface area contributed by atoms with E-state index in [1.54, 1.807) is 6.08 Å². The van der Waals surface area contributed by atoms with Gasteiger partial charge in [0.05, 0.1) is 27.9 Å². The van der Waals surface area contributed by atoms with Gasteiger partial charge in [-0.05, 0) is 165 Å². The molecular weight excluding hydrogens is 827 g/mol. The summed E-state index contributed by atoms with van der Waals surface area (Å²) in [5, 5.41) is 4.66. The largest absolute Gasteiger partial charge is 0.314 e. The molecule has 0 atom stereocenters. The van der Waals surface area contributed by atoms with Gasteiger partial charge in [-0.3, -0.25) is 0 Å². The van der Waals surface area contributed by atoms with Crippen LogP contribution in [0.1, 0.15) is 33.1 Å². The third-order valence-corrected chi connectivity index (χ3v) is 13.0. The molecule has 8 aromatic carbocycles. The molecule has 4 nitrogen and oxygen atoms in total. The maximum atomic E-state index is 14.6. The summed E-state index contributed by atoms with van der Waals surface area (Å²) in [6.45, 7) is 3.86. The van der Waals surface area contributed by atoms with Crippen molar-refractivity contribution in [1.82, 2.24) is 9.13 Å². The normalized spacial score (nSPS) is 13.2. The zero-order valence-electron chi connectivity index (χ0n) is 37.5. The summed E-state index contributed by atoms with van der Waals surface area (Å²) in [4.78, 5) is 4.38. The van der Waals surface area contributed by atoms with Crippen LogP contribution in [0.15, 0.2) is 230 Å². The standard InChI is InChI=1S/C61H48F2N4/c1-3-45(62)27-22-42(2)64(52-36-38-60-56(40-52)54-18-10-12-20-58(54)66(60)47-14-6-4-7-15-47)49-30-23-43(24-31-49)44-25-32-50(33-26-44)65(51-34-28-46(63)29-35-51)53-37-39-61-57(41-53)55-19-11-13-21-59(55)67(61)48-16-8-5-9-17-48/h4-6,8-14,16-41H,3,7,15H2,1-2H3/b42-22+,45-27+. The second-order valence-corrected chi connectivity index (χ2v) is 17.1. The average Bonchev–Trinajstić information content (AvgIpc) is 3.89. The van der Waals surface area contributed by atoms with Crippen LogP contribution in [-0.4, -0.2) is 9.13 Å². The number of nitrogens with zero attached hydrogens (tertiary/aromatic N) is 4. The summed E-state index contributed by atoms with van der Waals surface area (Å²) in [5.41, 5.74) is 14.7. The first-order valence-electron chi connectivity index (χ1n) is 23.0. The summed E-state index contributed by atoms with van der Waals surface area (Å²) in [7, 11) is 0. The number of hydrogen-bond acceptors (Lipinski definition) is 2. The van der Waals surface area contributed by atoms with Gasteiger partial charge in [0.15, 0.2) is 0 Å². The van der Waals surface area contributed by atoms with Crippen molar-refractivity contribution in [3.05, 3.63) is 236 Å². The van der Waals surface area contributed by atoms with E-state index in [0.29, 0.717) is 6.42 Å². The van der Waals surface area contributed by atoms with E-state index in [2.05, 4.69) is 195 Å². The highest BCUT2D eigenvalue weighted by atomic mass is 19.1. The van der Waals surface area contributed by atoms with E-state index in [1.807, 2.05) is 38.1 Å². The van der Waals surface area contributed by atoms with Gasteiger partial charge in [0.1, 0.15) is 5.82 Å². The van der Waals surface area contributed by atoms with Crippen molar-refractivity contribution in [3.63, 3.8) is 0 Å². The average molecular weight is 875 g/mol. The molecule has 0 saturated carbocycles. The van der Waals surface area contributed by atoms with Crippen molar-refractivity contribution >= 4 is 77.7 Å². The molecule has 0 amide bonds. The van der Waals surface area contributed by atoms with E-state index < -0.39 is 0 Å². The van der Waals surface area contributed by atoms with Gasteiger partial charge in [-0.1, -0.05) is 97.9 Å². The molecular formula is C61H48F2N4. The van der Waals surface area contributed by atoms with Crippen LogP contribution in [0.5, 0.6) is 0 Å². The van der Waals surface area contributed by atoms with Gasteiger partial charge in [0.2, 0.25) is 0 Å². The molecule has 326 valence electrons. The Bertz CT molecular complexity index is 3570. The van der Waals surface area contributed by atoms with Crippen LogP contribution < -0.4 is 9.80 Å². The van der Waals surface area contributed by atoms with Crippen LogP contribution in [0.3, 0.4) is 0 Å². The first-order chi connectivity index (χ1) is 32.9. The van der Waals surface area contributed by atoms with Gasteiger partial charge in [-0.2, -0.15) is 0 Å². The zero-order valence-corrected chi connectivity index (χ0v) is 37.5. The molecule has 0 radical (unpaired) electrons. The first kappa shape index (κ1) is 41.5. The fourth-order valence-electron chi connectivity index (χ4n) is 9.74. The molecule has 1 aliphatic carbocycles. The van der Waals surface area contributed by atoms with E-state index in [1.165, 1.54) is 34.1 Å². The lowest BCUT2D eigenvalue weighted by atomic mass is 10.0. The Balaban J connectivity index is 0.956. The minimum atomic E-state index is -0.281. The number of halogens is 2. The Morgan fingerprint density at radius 2 is 1.06 bits per heavy atom. The molecule has 11 rings (SSSR count). The summed E-state index contributed by atoms with van der Waals surface area (Å²) in [6, 6.07) is 64.6. The minimum absolute atomic E-state index is 0.166. The maximum absolute atomic E-state index is 14.6. The Morgan fingerprint density at radius 1 is 0.537 bits per heavy atom. The molecule has 0 fully saturated rings. The number of hydrogen-bond donors (Lipinski definition) is 0. The van der Waals surface area contributed by atoms with Gasteiger partial charge >= 0.3 is 0 Å². The lowest BCUT2D eigenvalue weighted by Gasteiger charge is -2.27. The van der Waals surface area contributed by atoms with Crippen molar-refractivity contribution in [1.29, 1.82) is 0 Å². The molecule has 0 unspecified atom stereocenters. The monoisotopic (exact) mass is 874 g/mol. The predicted molar refractivity (Wildman–Crippen MR) is 278 cm³/mol. The van der Waals surface area contributed by atoms with Gasteiger partial charge < -0.3 is 18.9 Å². The Labute approximate surface area is 389 Å². The molecule has 0 bridgehead atoms. The molecule has 2 aromatic heterocycles. The first-order valence-corrected chi connectivity index (χ1v) is 23.0. The molecule has 1 aliphatic rings. The summed E-state index contributed by atoms with van der Waals surface area (Å²) in [6.07, 6.45) is 12.4. The fraction of sp³-hybridized carbons (Fsp3) is 0.0820. The number of fused-ring (bicyclic) bond motifs is 6. The zero-order chi connectivity index (χ0) is 45.4. The summed E-state index contributed by atoms with van der Waals surface area (Å²) < 4.78 is 33.7. The van der Waals surface area contributed by atoms with Gasteiger partial charge in [0.25, 0.3) is 0 Å². The lowest BCUT2D eigenvalue weighted by Crippen LogP contribution is -2.14.